The highest BCUT2D eigenvalue weighted by molar-refractivity contribution is 5.96. The van der Waals surface area contributed by atoms with Gasteiger partial charge in [0.1, 0.15) is 12.3 Å². The minimum absolute atomic E-state index is 0.0373. The molecule has 0 N–H and O–H groups in total. The number of carbonyl (C=O) groups excluding carboxylic acids is 2. The summed E-state index contributed by atoms with van der Waals surface area (Å²) in [7, 11) is 0. The number of hydrogen-bond acceptors (Lipinski definition) is 4. The second kappa shape index (κ2) is 10.4. The lowest BCUT2D eigenvalue weighted by Gasteiger charge is -2.29. The van der Waals surface area contributed by atoms with Crippen molar-refractivity contribution < 1.29 is 18.7 Å². The highest BCUT2D eigenvalue weighted by Crippen LogP contribution is 2.17. The van der Waals surface area contributed by atoms with Crippen LogP contribution in [0.25, 0.3) is 0 Å². The van der Waals surface area contributed by atoms with Crippen LogP contribution in [0.3, 0.4) is 0 Å². The van der Waals surface area contributed by atoms with Crippen LogP contribution in [-0.4, -0.2) is 54.0 Å². The van der Waals surface area contributed by atoms with Gasteiger partial charge in [0.25, 0.3) is 5.91 Å². The number of carbonyl (C=O) groups is 2. The Morgan fingerprint density at radius 2 is 1.90 bits per heavy atom. The number of aryl methyl sites for hydroxylation is 1. The predicted molar refractivity (Wildman–Crippen MR) is 115 cm³/mol. The first-order chi connectivity index (χ1) is 14.4. The van der Waals surface area contributed by atoms with Gasteiger partial charge in [-0.05, 0) is 49.9 Å². The van der Waals surface area contributed by atoms with Crippen LogP contribution in [0.4, 0.5) is 0 Å². The van der Waals surface area contributed by atoms with E-state index in [9.17, 15) is 9.59 Å². The van der Waals surface area contributed by atoms with Crippen LogP contribution in [0.1, 0.15) is 48.4 Å². The molecule has 0 aliphatic carbocycles. The van der Waals surface area contributed by atoms with E-state index in [2.05, 4.69) is 0 Å². The van der Waals surface area contributed by atoms with E-state index in [-0.39, 0.29) is 30.4 Å². The first-order valence-electron chi connectivity index (χ1n) is 10.7. The molecule has 30 heavy (non-hydrogen) atoms. The van der Waals surface area contributed by atoms with E-state index >= 15 is 0 Å². The van der Waals surface area contributed by atoms with Gasteiger partial charge in [0, 0.05) is 25.3 Å². The molecular formula is C24H32N2O4. The minimum Gasteiger partial charge on any atom is -0.467 e. The Kier molecular flexibility index (Phi) is 7.69. The average Bonchev–Trinajstić information content (AvgIpc) is 3.41. The maximum absolute atomic E-state index is 13.3. The van der Waals surface area contributed by atoms with Gasteiger partial charge in [0.05, 0.1) is 18.9 Å². The Bertz CT molecular complexity index is 808. The molecular weight excluding hydrogens is 380 g/mol. The first-order valence-corrected chi connectivity index (χ1v) is 10.7. The van der Waals surface area contributed by atoms with Crippen molar-refractivity contribution >= 4 is 11.8 Å². The molecule has 1 atom stereocenters. The molecule has 0 bridgehead atoms. The molecule has 1 aromatic carbocycles. The van der Waals surface area contributed by atoms with Crippen molar-refractivity contribution in [2.24, 2.45) is 5.92 Å². The quantitative estimate of drug-likeness (QED) is 0.627. The van der Waals surface area contributed by atoms with E-state index in [1.165, 1.54) is 0 Å². The van der Waals surface area contributed by atoms with Gasteiger partial charge in [-0.2, -0.15) is 0 Å². The normalized spacial score (nSPS) is 16.1. The third kappa shape index (κ3) is 6.20. The van der Waals surface area contributed by atoms with Crippen molar-refractivity contribution in [3.63, 3.8) is 0 Å². The molecule has 3 rings (SSSR count). The molecule has 0 radical (unpaired) electrons. The lowest BCUT2D eigenvalue weighted by Crippen LogP contribution is -2.46. The number of hydrogen-bond donors (Lipinski definition) is 0. The van der Waals surface area contributed by atoms with Crippen LogP contribution in [0, 0.1) is 12.8 Å². The Morgan fingerprint density at radius 1 is 1.13 bits per heavy atom. The monoisotopic (exact) mass is 412 g/mol. The van der Waals surface area contributed by atoms with Crippen molar-refractivity contribution in [2.45, 2.75) is 46.3 Å². The van der Waals surface area contributed by atoms with E-state index in [4.69, 9.17) is 9.15 Å². The van der Waals surface area contributed by atoms with Crippen LogP contribution < -0.4 is 0 Å². The maximum atomic E-state index is 13.3. The number of ether oxygens (including phenoxy) is 1. The van der Waals surface area contributed by atoms with Crippen molar-refractivity contribution in [1.29, 1.82) is 0 Å². The molecule has 6 heteroatoms. The highest BCUT2D eigenvalue weighted by Gasteiger charge is 2.27. The molecule has 1 aliphatic heterocycles. The molecule has 162 valence electrons. The molecule has 0 unspecified atom stereocenters. The Morgan fingerprint density at radius 3 is 2.50 bits per heavy atom. The molecule has 2 aromatic rings. The summed E-state index contributed by atoms with van der Waals surface area (Å²) in [5.41, 5.74) is 1.70. The lowest BCUT2D eigenvalue weighted by atomic mass is 10.1. The maximum Gasteiger partial charge on any atom is 0.254 e. The minimum atomic E-state index is -0.118. The fourth-order valence-electron chi connectivity index (χ4n) is 3.68. The fraction of sp³-hybridized carbons (Fsp3) is 0.500. The van der Waals surface area contributed by atoms with Crippen LogP contribution in [0.2, 0.25) is 0 Å². The Hall–Kier alpha value is -2.60. The summed E-state index contributed by atoms with van der Waals surface area (Å²) in [6, 6.07) is 11.2. The van der Waals surface area contributed by atoms with Crippen molar-refractivity contribution in [3.05, 3.63) is 59.5 Å². The van der Waals surface area contributed by atoms with Gasteiger partial charge in [-0.1, -0.05) is 31.5 Å². The van der Waals surface area contributed by atoms with E-state index in [1.54, 1.807) is 16.1 Å². The SMILES string of the molecule is Cc1ccc(C(=O)N(CC(=O)N(Cc2ccco2)C[C@H]2CCCO2)CC(C)C)cc1. The van der Waals surface area contributed by atoms with Crippen molar-refractivity contribution in [1.82, 2.24) is 9.80 Å². The fourth-order valence-corrected chi connectivity index (χ4v) is 3.68. The molecule has 1 saturated heterocycles. The third-order valence-electron chi connectivity index (χ3n) is 5.22. The summed E-state index contributed by atoms with van der Waals surface area (Å²) in [6.45, 7) is 8.26. The summed E-state index contributed by atoms with van der Waals surface area (Å²) in [5.74, 6) is 0.764. The number of benzene rings is 1. The van der Waals surface area contributed by atoms with Gasteiger partial charge in [0.15, 0.2) is 0 Å². The van der Waals surface area contributed by atoms with Crippen LogP contribution in [0.5, 0.6) is 0 Å². The summed E-state index contributed by atoms with van der Waals surface area (Å²) in [4.78, 5) is 29.8. The summed E-state index contributed by atoms with van der Waals surface area (Å²) in [5, 5.41) is 0. The average molecular weight is 413 g/mol. The molecule has 2 heterocycles. The van der Waals surface area contributed by atoms with Gasteiger partial charge < -0.3 is 19.0 Å². The van der Waals surface area contributed by atoms with Crippen LogP contribution in [0.15, 0.2) is 47.1 Å². The van der Waals surface area contributed by atoms with E-state index in [0.29, 0.717) is 25.2 Å². The van der Waals surface area contributed by atoms with E-state index < -0.39 is 0 Å². The zero-order valence-electron chi connectivity index (χ0n) is 18.2. The molecule has 0 spiro atoms. The molecule has 0 saturated carbocycles. The lowest BCUT2D eigenvalue weighted by molar-refractivity contribution is -0.134. The van der Waals surface area contributed by atoms with Gasteiger partial charge in [-0.15, -0.1) is 0 Å². The van der Waals surface area contributed by atoms with Crippen LogP contribution in [-0.2, 0) is 16.1 Å². The summed E-state index contributed by atoms with van der Waals surface area (Å²) < 4.78 is 11.2. The topological polar surface area (TPSA) is 63.0 Å². The smallest absolute Gasteiger partial charge is 0.254 e. The molecule has 1 fully saturated rings. The number of furan rings is 1. The van der Waals surface area contributed by atoms with Crippen LogP contribution >= 0.6 is 0 Å². The molecule has 1 aliphatic rings. The standard InChI is InChI=1S/C24H32N2O4/c1-18(2)14-26(24(28)20-10-8-19(3)9-11-20)17-23(27)25(15-21-6-4-12-29-21)16-22-7-5-13-30-22/h4,6,8-12,18,22H,5,7,13-17H2,1-3H3/t22-/m1/s1. The zero-order valence-corrected chi connectivity index (χ0v) is 18.2. The summed E-state index contributed by atoms with van der Waals surface area (Å²) in [6.07, 6.45) is 3.60. The van der Waals surface area contributed by atoms with Gasteiger partial charge in [-0.3, -0.25) is 9.59 Å². The number of nitrogens with zero attached hydrogens (tertiary/aromatic N) is 2. The Labute approximate surface area is 178 Å². The second-order valence-electron chi connectivity index (χ2n) is 8.43. The zero-order chi connectivity index (χ0) is 21.5. The molecule has 6 nitrogen and oxygen atoms in total. The molecule has 2 amide bonds. The highest BCUT2D eigenvalue weighted by atomic mass is 16.5. The second-order valence-corrected chi connectivity index (χ2v) is 8.43. The van der Waals surface area contributed by atoms with Crippen molar-refractivity contribution in [2.75, 3.05) is 26.2 Å². The number of rotatable bonds is 9. The van der Waals surface area contributed by atoms with Gasteiger partial charge >= 0.3 is 0 Å². The van der Waals surface area contributed by atoms with Crippen molar-refractivity contribution in [3.8, 4) is 0 Å². The van der Waals surface area contributed by atoms with Gasteiger partial charge in [0.2, 0.25) is 5.91 Å². The van der Waals surface area contributed by atoms with E-state index in [0.717, 1.165) is 30.8 Å². The third-order valence-corrected chi connectivity index (χ3v) is 5.22. The predicted octanol–water partition coefficient (Wildman–Crippen LogP) is 3.89. The van der Waals surface area contributed by atoms with Gasteiger partial charge in [-0.25, -0.2) is 0 Å². The first kappa shape index (κ1) is 22.1. The number of amides is 2. The molecule has 1 aromatic heterocycles. The largest absolute Gasteiger partial charge is 0.467 e. The summed E-state index contributed by atoms with van der Waals surface area (Å²) >= 11 is 0. The Balaban J connectivity index is 1.74. The van der Waals surface area contributed by atoms with E-state index in [1.807, 2.05) is 57.2 Å².